The molecule has 1 aromatic heterocycles. The van der Waals surface area contributed by atoms with Crippen LogP contribution in [0.2, 0.25) is 0 Å². The zero-order valence-electron chi connectivity index (χ0n) is 19.5. The molecule has 3 heterocycles. The molecule has 1 aliphatic carbocycles. The Labute approximate surface area is 191 Å². The van der Waals surface area contributed by atoms with Crippen molar-refractivity contribution in [1.82, 2.24) is 20.0 Å². The summed E-state index contributed by atoms with van der Waals surface area (Å²) in [5.74, 6) is 0.459. The van der Waals surface area contributed by atoms with Crippen LogP contribution in [0.1, 0.15) is 48.9 Å². The Morgan fingerprint density at radius 1 is 1.16 bits per heavy atom. The number of carbonyl (C=O) groups excluding carboxylic acids is 1. The van der Waals surface area contributed by atoms with Gasteiger partial charge in [0.2, 0.25) is 5.91 Å². The molecule has 5 rings (SSSR count). The molecule has 3 fully saturated rings. The van der Waals surface area contributed by atoms with Gasteiger partial charge >= 0.3 is 0 Å². The number of likely N-dealkylation sites (tertiary alicyclic amines) is 1. The number of carbonyl (C=O) groups is 1. The van der Waals surface area contributed by atoms with Crippen molar-refractivity contribution >= 4 is 5.91 Å². The lowest BCUT2D eigenvalue weighted by atomic mass is 9.74. The van der Waals surface area contributed by atoms with Crippen LogP contribution in [-0.4, -0.2) is 53.4 Å². The normalized spacial score (nSPS) is 24.4. The molecule has 0 radical (unpaired) electrons. The van der Waals surface area contributed by atoms with E-state index in [1.54, 1.807) is 0 Å². The van der Waals surface area contributed by atoms with Crippen LogP contribution in [0.3, 0.4) is 0 Å². The third kappa shape index (κ3) is 4.11. The maximum atomic E-state index is 13.1. The third-order valence-electron chi connectivity index (χ3n) is 8.53. The van der Waals surface area contributed by atoms with Gasteiger partial charge in [-0.3, -0.25) is 14.4 Å². The van der Waals surface area contributed by atoms with Crippen molar-refractivity contribution < 1.29 is 9.53 Å². The summed E-state index contributed by atoms with van der Waals surface area (Å²) in [5.41, 5.74) is 4.13. The molecule has 0 bridgehead atoms. The molecule has 1 aromatic carbocycles. The molecule has 32 heavy (non-hydrogen) atoms. The number of rotatable bonds is 6. The molecule has 1 amide bonds. The summed E-state index contributed by atoms with van der Waals surface area (Å²) in [6.45, 7) is 7.50. The maximum Gasteiger partial charge on any atom is 0.223 e. The molecule has 2 aromatic rings. The molecule has 2 aliphatic heterocycles. The van der Waals surface area contributed by atoms with Gasteiger partial charge < -0.3 is 10.1 Å². The summed E-state index contributed by atoms with van der Waals surface area (Å²) in [6.07, 6.45) is 7.24. The number of nitrogens with zero attached hydrogens (tertiary/aromatic N) is 3. The zero-order valence-corrected chi connectivity index (χ0v) is 19.5. The third-order valence-corrected chi connectivity index (χ3v) is 8.53. The lowest BCUT2D eigenvalue weighted by Gasteiger charge is -2.38. The van der Waals surface area contributed by atoms with Crippen molar-refractivity contribution in [3.8, 4) is 0 Å². The van der Waals surface area contributed by atoms with Gasteiger partial charge in [0.05, 0.1) is 6.20 Å². The number of aromatic nitrogens is 2. The highest BCUT2D eigenvalue weighted by Crippen LogP contribution is 2.59. The number of benzene rings is 1. The summed E-state index contributed by atoms with van der Waals surface area (Å²) in [7, 11) is 2.00. The van der Waals surface area contributed by atoms with Gasteiger partial charge in [-0.05, 0) is 63.1 Å². The molecule has 1 atom stereocenters. The largest absolute Gasteiger partial charge is 0.381 e. The fourth-order valence-electron chi connectivity index (χ4n) is 5.87. The molecule has 172 valence electrons. The van der Waals surface area contributed by atoms with Gasteiger partial charge in [-0.15, -0.1) is 0 Å². The smallest absolute Gasteiger partial charge is 0.223 e. The van der Waals surface area contributed by atoms with Crippen molar-refractivity contribution in [3.05, 3.63) is 53.3 Å². The number of piperidine rings is 1. The second-order valence-corrected chi connectivity index (χ2v) is 10.3. The first-order valence-electron chi connectivity index (χ1n) is 12.1. The monoisotopic (exact) mass is 436 g/mol. The van der Waals surface area contributed by atoms with Crippen molar-refractivity contribution in [2.45, 2.75) is 51.0 Å². The van der Waals surface area contributed by atoms with E-state index in [9.17, 15) is 4.79 Å². The van der Waals surface area contributed by atoms with Gasteiger partial charge in [0, 0.05) is 55.9 Å². The summed E-state index contributed by atoms with van der Waals surface area (Å²) < 4.78 is 7.59. The first-order chi connectivity index (χ1) is 15.5. The van der Waals surface area contributed by atoms with E-state index in [2.05, 4.69) is 52.6 Å². The first-order valence-corrected chi connectivity index (χ1v) is 12.1. The molecule has 3 aliphatic rings. The number of hydrogen-bond acceptors (Lipinski definition) is 4. The van der Waals surface area contributed by atoms with E-state index in [1.807, 2.05) is 17.9 Å². The zero-order chi connectivity index (χ0) is 22.2. The minimum atomic E-state index is 0.00215. The molecular formula is C26H36N4O2. The van der Waals surface area contributed by atoms with E-state index in [0.717, 1.165) is 71.5 Å². The molecule has 1 unspecified atom stereocenters. The van der Waals surface area contributed by atoms with Crippen LogP contribution < -0.4 is 5.32 Å². The minimum Gasteiger partial charge on any atom is -0.381 e. The molecule has 6 nitrogen and oxygen atoms in total. The Morgan fingerprint density at radius 3 is 2.53 bits per heavy atom. The van der Waals surface area contributed by atoms with Gasteiger partial charge in [0.1, 0.15) is 0 Å². The van der Waals surface area contributed by atoms with Crippen LogP contribution in [0, 0.1) is 18.3 Å². The van der Waals surface area contributed by atoms with E-state index < -0.39 is 0 Å². The Morgan fingerprint density at radius 2 is 1.88 bits per heavy atom. The van der Waals surface area contributed by atoms with Gasteiger partial charge in [-0.25, -0.2) is 0 Å². The Balaban J connectivity index is 1.15. The average molecular weight is 437 g/mol. The Bertz CT molecular complexity index is 940. The lowest BCUT2D eigenvalue weighted by Crippen LogP contribution is -2.45. The molecule has 1 N–H and O–H groups in total. The first kappa shape index (κ1) is 21.7. The lowest BCUT2D eigenvalue weighted by molar-refractivity contribution is -0.124. The Kier molecular flexibility index (Phi) is 5.84. The fraction of sp³-hybridized carbons (Fsp3) is 0.615. The predicted octanol–water partition coefficient (Wildman–Crippen LogP) is 3.20. The van der Waals surface area contributed by atoms with Gasteiger partial charge in [-0.2, -0.15) is 5.10 Å². The van der Waals surface area contributed by atoms with Crippen LogP contribution >= 0.6 is 0 Å². The molecular weight excluding hydrogens is 400 g/mol. The maximum absolute atomic E-state index is 13.1. The van der Waals surface area contributed by atoms with E-state index in [-0.39, 0.29) is 22.7 Å². The quantitative estimate of drug-likeness (QED) is 0.756. The topological polar surface area (TPSA) is 59.4 Å². The van der Waals surface area contributed by atoms with E-state index in [0.29, 0.717) is 0 Å². The van der Waals surface area contributed by atoms with Crippen LogP contribution in [0.15, 0.2) is 36.5 Å². The number of amides is 1. The highest BCUT2D eigenvalue weighted by Gasteiger charge is 2.58. The predicted molar refractivity (Wildman–Crippen MR) is 124 cm³/mol. The molecule has 2 saturated heterocycles. The van der Waals surface area contributed by atoms with Gasteiger partial charge in [-0.1, -0.05) is 30.3 Å². The average Bonchev–Trinajstić information content (AvgIpc) is 3.46. The molecule has 1 spiro atoms. The summed E-state index contributed by atoms with van der Waals surface area (Å²) in [6, 6.07) is 10.7. The summed E-state index contributed by atoms with van der Waals surface area (Å²) >= 11 is 0. The standard InChI is InChI=1S/C26H36N4O2/c1-20-21(17-28-29(20)2)18-30-12-8-25(9-13-30)16-23(25)24(31)27-19-26(10-14-32-15-11-26)22-6-4-3-5-7-22/h3-7,17,23H,8-16,18-19H2,1-2H3,(H,27,31). The van der Waals surface area contributed by atoms with Crippen LogP contribution in [0.4, 0.5) is 0 Å². The van der Waals surface area contributed by atoms with E-state index in [4.69, 9.17) is 4.74 Å². The molecule has 1 saturated carbocycles. The fourth-order valence-corrected chi connectivity index (χ4v) is 5.87. The number of aryl methyl sites for hydroxylation is 1. The second-order valence-electron chi connectivity index (χ2n) is 10.3. The number of nitrogens with one attached hydrogen (secondary N) is 1. The van der Waals surface area contributed by atoms with Crippen molar-refractivity contribution in [3.63, 3.8) is 0 Å². The van der Waals surface area contributed by atoms with Crippen molar-refractivity contribution in [1.29, 1.82) is 0 Å². The Hall–Kier alpha value is -2.18. The van der Waals surface area contributed by atoms with Crippen LogP contribution in [0.5, 0.6) is 0 Å². The van der Waals surface area contributed by atoms with Gasteiger partial charge in [0.15, 0.2) is 0 Å². The highest BCUT2D eigenvalue weighted by molar-refractivity contribution is 5.82. The van der Waals surface area contributed by atoms with Crippen LogP contribution in [-0.2, 0) is 28.5 Å². The summed E-state index contributed by atoms with van der Waals surface area (Å²) in [5, 5.41) is 7.74. The van der Waals surface area contributed by atoms with E-state index >= 15 is 0 Å². The van der Waals surface area contributed by atoms with E-state index in [1.165, 1.54) is 16.8 Å². The number of hydrogen-bond donors (Lipinski definition) is 1. The summed E-state index contributed by atoms with van der Waals surface area (Å²) in [4.78, 5) is 15.7. The van der Waals surface area contributed by atoms with Crippen LogP contribution in [0.25, 0.3) is 0 Å². The minimum absolute atomic E-state index is 0.00215. The number of ether oxygens (including phenoxy) is 1. The highest BCUT2D eigenvalue weighted by atomic mass is 16.5. The second kappa shape index (κ2) is 8.64. The van der Waals surface area contributed by atoms with Gasteiger partial charge in [0.25, 0.3) is 0 Å². The molecule has 6 heteroatoms. The van der Waals surface area contributed by atoms with Crippen molar-refractivity contribution in [2.24, 2.45) is 18.4 Å². The SMILES string of the molecule is Cc1c(CN2CCC3(CC2)CC3C(=O)NCC2(c3ccccc3)CCOCC2)cnn1C. The van der Waals surface area contributed by atoms with Crippen molar-refractivity contribution in [2.75, 3.05) is 32.8 Å².